The number of nitrogens with zero attached hydrogens (tertiary/aromatic N) is 1. The molecule has 0 saturated carbocycles. The first kappa shape index (κ1) is 11.6. The highest BCUT2D eigenvalue weighted by Crippen LogP contribution is 2.20. The second-order valence-corrected chi connectivity index (χ2v) is 3.66. The third kappa shape index (κ3) is 3.29. The van der Waals surface area contributed by atoms with Crippen LogP contribution in [0.1, 0.15) is 12.8 Å². The summed E-state index contributed by atoms with van der Waals surface area (Å²) in [5, 5.41) is 0. The van der Waals surface area contributed by atoms with Crippen molar-refractivity contribution in [3.63, 3.8) is 0 Å². The van der Waals surface area contributed by atoms with Crippen molar-refractivity contribution in [3.8, 4) is 0 Å². The lowest BCUT2D eigenvalue weighted by atomic mass is 10.1. The molecule has 0 amide bonds. The molecule has 0 spiro atoms. The van der Waals surface area contributed by atoms with Crippen LogP contribution in [0.25, 0.3) is 0 Å². The predicted molar refractivity (Wildman–Crippen MR) is 68.1 cm³/mol. The monoisotopic (exact) mass is 229 g/mol. The van der Waals surface area contributed by atoms with Crippen LogP contribution >= 0.6 is 0 Å². The molecule has 0 N–H and O–H groups in total. The van der Waals surface area contributed by atoms with E-state index in [1.807, 2.05) is 36.4 Å². The lowest BCUT2D eigenvalue weighted by molar-refractivity contribution is -0.239. The Kier molecular flexibility index (Phi) is 4.11. The van der Waals surface area contributed by atoms with Crippen molar-refractivity contribution in [2.75, 3.05) is 7.11 Å². The first-order valence-electron chi connectivity index (χ1n) is 5.59. The van der Waals surface area contributed by atoms with Crippen LogP contribution < -0.4 is 0 Å². The summed E-state index contributed by atoms with van der Waals surface area (Å²) < 4.78 is 0. The molecule has 0 aromatic heterocycles. The molecule has 3 nitrogen and oxygen atoms in total. The second-order valence-electron chi connectivity index (χ2n) is 3.66. The molecule has 3 heteroatoms. The molecule has 1 aliphatic carbocycles. The Balaban J connectivity index is 2.16. The zero-order chi connectivity index (χ0) is 11.9. The van der Waals surface area contributed by atoms with Gasteiger partial charge in [0.25, 0.3) is 0 Å². The van der Waals surface area contributed by atoms with Gasteiger partial charge in [0.1, 0.15) is 0 Å². The van der Waals surface area contributed by atoms with Gasteiger partial charge in [-0.05, 0) is 18.6 Å². The molecule has 88 valence electrons. The summed E-state index contributed by atoms with van der Waals surface area (Å²) in [5.74, 6) is 0.828. The van der Waals surface area contributed by atoms with Crippen LogP contribution in [0.5, 0.6) is 0 Å². The van der Waals surface area contributed by atoms with E-state index in [1.165, 1.54) is 7.11 Å². The van der Waals surface area contributed by atoms with Gasteiger partial charge in [0.15, 0.2) is 5.76 Å². The first-order chi connectivity index (χ1) is 8.40. The average Bonchev–Trinajstić information content (AvgIpc) is 2.39. The van der Waals surface area contributed by atoms with E-state index in [0.29, 0.717) is 0 Å². The maximum Gasteiger partial charge on any atom is 0.151 e. The molecule has 0 fully saturated rings. The van der Waals surface area contributed by atoms with Crippen molar-refractivity contribution in [2.24, 2.45) is 4.99 Å². The second kappa shape index (κ2) is 6.01. The van der Waals surface area contributed by atoms with Gasteiger partial charge in [-0.2, -0.15) is 4.89 Å². The SMILES string of the molecule is COOC1=C(C=Nc2ccccc2)C=CCC1. The number of aliphatic imine (C=N–C) groups is 1. The molecule has 2 rings (SSSR count). The fraction of sp³-hybridized carbons (Fsp3) is 0.214. The minimum atomic E-state index is 0.828. The molecular formula is C14H15NO2. The molecule has 1 aromatic rings. The van der Waals surface area contributed by atoms with E-state index >= 15 is 0 Å². The standard InChI is InChI=1S/C14H15NO2/c1-16-17-14-10-6-5-7-12(14)11-15-13-8-3-2-4-9-13/h2-5,7-9,11H,6,10H2,1H3. The Morgan fingerprint density at radius 3 is 2.82 bits per heavy atom. The van der Waals surface area contributed by atoms with Gasteiger partial charge in [-0.15, -0.1) is 0 Å². The number of para-hydroxylation sites is 1. The van der Waals surface area contributed by atoms with Crippen molar-refractivity contribution in [1.29, 1.82) is 0 Å². The van der Waals surface area contributed by atoms with Crippen LogP contribution in [0.4, 0.5) is 5.69 Å². The summed E-state index contributed by atoms with van der Waals surface area (Å²) in [5.41, 5.74) is 1.89. The molecule has 0 saturated heterocycles. The van der Waals surface area contributed by atoms with Crippen molar-refractivity contribution in [1.82, 2.24) is 0 Å². The molecule has 0 heterocycles. The van der Waals surface area contributed by atoms with E-state index in [-0.39, 0.29) is 0 Å². The van der Waals surface area contributed by atoms with Crippen molar-refractivity contribution < 1.29 is 9.78 Å². The fourth-order valence-corrected chi connectivity index (χ4v) is 1.63. The van der Waals surface area contributed by atoms with Gasteiger partial charge in [-0.1, -0.05) is 30.4 Å². The maximum absolute atomic E-state index is 5.12. The van der Waals surface area contributed by atoms with E-state index in [0.717, 1.165) is 29.9 Å². The minimum Gasteiger partial charge on any atom is -0.342 e. The highest BCUT2D eigenvalue weighted by atomic mass is 17.2. The Morgan fingerprint density at radius 1 is 1.24 bits per heavy atom. The predicted octanol–water partition coefficient (Wildman–Crippen LogP) is 3.57. The zero-order valence-corrected chi connectivity index (χ0v) is 9.80. The third-order valence-corrected chi connectivity index (χ3v) is 2.45. The molecule has 0 radical (unpaired) electrons. The number of rotatable bonds is 4. The fourth-order valence-electron chi connectivity index (χ4n) is 1.63. The Bertz CT molecular complexity index is 447. The topological polar surface area (TPSA) is 30.8 Å². The van der Waals surface area contributed by atoms with Gasteiger partial charge < -0.3 is 4.89 Å². The van der Waals surface area contributed by atoms with Crippen molar-refractivity contribution in [3.05, 3.63) is 53.8 Å². The Hall–Kier alpha value is -1.87. The molecule has 1 aromatic carbocycles. The van der Waals surface area contributed by atoms with Crippen LogP contribution in [-0.4, -0.2) is 13.3 Å². The average molecular weight is 229 g/mol. The Labute approximate surface area is 101 Å². The molecule has 0 unspecified atom stereocenters. The quantitative estimate of drug-likeness (QED) is 0.449. The number of hydrogen-bond acceptors (Lipinski definition) is 3. The van der Waals surface area contributed by atoms with Crippen molar-refractivity contribution >= 4 is 11.9 Å². The summed E-state index contributed by atoms with van der Waals surface area (Å²) >= 11 is 0. The molecular weight excluding hydrogens is 214 g/mol. The summed E-state index contributed by atoms with van der Waals surface area (Å²) in [7, 11) is 1.51. The van der Waals surface area contributed by atoms with E-state index < -0.39 is 0 Å². The largest absolute Gasteiger partial charge is 0.342 e. The van der Waals surface area contributed by atoms with Gasteiger partial charge in [0, 0.05) is 18.2 Å². The van der Waals surface area contributed by atoms with Crippen LogP contribution in [0.3, 0.4) is 0 Å². The van der Waals surface area contributed by atoms with Gasteiger partial charge in [-0.3, -0.25) is 4.99 Å². The number of allylic oxidation sites excluding steroid dienone is 4. The van der Waals surface area contributed by atoms with Gasteiger partial charge >= 0.3 is 0 Å². The van der Waals surface area contributed by atoms with E-state index in [1.54, 1.807) is 6.21 Å². The summed E-state index contributed by atoms with van der Waals surface area (Å²) in [6.07, 6.45) is 7.74. The van der Waals surface area contributed by atoms with Crippen LogP contribution in [-0.2, 0) is 9.78 Å². The van der Waals surface area contributed by atoms with E-state index in [2.05, 4.69) is 11.1 Å². The van der Waals surface area contributed by atoms with Gasteiger partial charge in [-0.25, -0.2) is 0 Å². The highest BCUT2D eigenvalue weighted by molar-refractivity contribution is 5.85. The highest BCUT2D eigenvalue weighted by Gasteiger charge is 2.08. The van der Waals surface area contributed by atoms with E-state index in [9.17, 15) is 0 Å². The first-order valence-corrected chi connectivity index (χ1v) is 5.59. The maximum atomic E-state index is 5.12. The summed E-state index contributed by atoms with van der Waals surface area (Å²) in [4.78, 5) is 14.2. The molecule has 0 bridgehead atoms. The molecule has 17 heavy (non-hydrogen) atoms. The van der Waals surface area contributed by atoms with Gasteiger partial charge in [0.2, 0.25) is 0 Å². The van der Waals surface area contributed by atoms with Crippen LogP contribution in [0.2, 0.25) is 0 Å². The number of hydrogen-bond donors (Lipinski definition) is 0. The van der Waals surface area contributed by atoms with E-state index in [4.69, 9.17) is 9.78 Å². The lowest BCUT2D eigenvalue weighted by Gasteiger charge is -2.11. The molecule has 0 atom stereocenters. The van der Waals surface area contributed by atoms with Crippen LogP contribution in [0.15, 0.2) is 58.8 Å². The molecule has 1 aliphatic rings. The summed E-state index contributed by atoms with van der Waals surface area (Å²) in [6.45, 7) is 0. The van der Waals surface area contributed by atoms with Crippen LogP contribution in [0, 0.1) is 0 Å². The number of benzene rings is 1. The summed E-state index contributed by atoms with van der Waals surface area (Å²) in [6, 6.07) is 9.81. The van der Waals surface area contributed by atoms with Crippen molar-refractivity contribution in [2.45, 2.75) is 12.8 Å². The molecule has 0 aliphatic heterocycles. The zero-order valence-electron chi connectivity index (χ0n) is 9.80. The Morgan fingerprint density at radius 2 is 2.06 bits per heavy atom. The lowest BCUT2D eigenvalue weighted by Crippen LogP contribution is -2.00. The van der Waals surface area contributed by atoms with Gasteiger partial charge in [0.05, 0.1) is 12.8 Å². The third-order valence-electron chi connectivity index (χ3n) is 2.45. The normalized spacial score (nSPS) is 15.6. The smallest absolute Gasteiger partial charge is 0.151 e. The minimum absolute atomic E-state index is 0.828.